The van der Waals surface area contributed by atoms with Gasteiger partial charge in [-0.1, -0.05) is 212 Å². The van der Waals surface area contributed by atoms with Crippen LogP contribution in [0.25, 0.3) is 0 Å². The smallest absolute Gasteiger partial charge is 0.163 e. The maximum absolute atomic E-state index is 14.3. The number of carbonyl (C=O) groups excluding carboxylic acids is 2. The van der Waals surface area contributed by atoms with Crippen LogP contribution in [-0.2, 0) is 23.6 Å². The lowest BCUT2D eigenvalue weighted by Crippen LogP contribution is -2.25. The summed E-state index contributed by atoms with van der Waals surface area (Å²) in [5.41, 5.74) is 1.84. The van der Waals surface area contributed by atoms with E-state index in [2.05, 4.69) is 48.5 Å². The number of ketones is 2. The van der Waals surface area contributed by atoms with Crippen LogP contribution in [0.4, 0.5) is 0 Å². The first kappa shape index (κ1) is 37.4. The van der Waals surface area contributed by atoms with Crippen molar-refractivity contribution in [2.24, 2.45) is 0 Å². The van der Waals surface area contributed by atoms with Crippen molar-refractivity contribution in [3.63, 3.8) is 0 Å². The van der Waals surface area contributed by atoms with E-state index in [-0.39, 0.29) is 24.4 Å². The van der Waals surface area contributed by atoms with Gasteiger partial charge in [-0.2, -0.15) is 0 Å². The van der Waals surface area contributed by atoms with Gasteiger partial charge in [-0.15, -0.1) is 0 Å². The predicted molar refractivity (Wildman–Crippen MR) is 233 cm³/mol. The molecule has 6 aromatic carbocycles. The lowest BCUT2D eigenvalue weighted by atomic mass is 10.0. The molecule has 0 amide bonds. The molecule has 0 bridgehead atoms. The largest absolute Gasteiger partial charge is 0.294 e. The van der Waals surface area contributed by atoms with Crippen molar-refractivity contribution in [2.75, 3.05) is 0 Å². The van der Waals surface area contributed by atoms with Crippen molar-refractivity contribution in [3.8, 4) is 0 Å². The molecule has 0 aliphatic heterocycles. The number of aromatic nitrogens is 1. The Balaban J connectivity index is 1.45. The Labute approximate surface area is 328 Å². The van der Waals surface area contributed by atoms with Gasteiger partial charge in [-0.05, 0) is 33.4 Å². The number of pyridine rings is 1. The van der Waals surface area contributed by atoms with Crippen molar-refractivity contribution < 1.29 is 9.59 Å². The topological polar surface area (TPSA) is 47.0 Å². The van der Waals surface area contributed by atoms with Gasteiger partial charge in [0, 0.05) is 58.7 Å². The second-order valence-corrected chi connectivity index (χ2v) is 22.6. The van der Waals surface area contributed by atoms with Gasteiger partial charge in [0.2, 0.25) is 0 Å². The molecule has 0 fully saturated rings. The highest BCUT2D eigenvalue weighted by Gasteiger charge is 2.39. The van der Waals surface area contributed by atoms with Crippen LogP contribution in [0.3, 0.4) is 0 Å². The van der Waals surface area contributed by atoms with Gasteiger partial charge in [-0.25, -0.2) is 0 Å². The van der Waals surface area contributed by atoms with E-state index < -0.39 is 23.4 Å². The van der Waals surface area contributed by atoms with Crippen molar-refractivity contribution >= 4 is 68.5 Å². The van der Waals surface area contributed by atoms with Gasteiger partial charge >= 0.3 is 0 Å². The molecule has 1 heterocycles. The Morgan fingerprint density at radius 3 is 0.926 bits per heavy atom. The summed E-state index contributed by atoms with van der Waals surface area (Å²) in [5, 5.41) is 4.05. The van der Waals surface area contributed by atoms with E-state index in [1.807, 2.05) is 152 Å². The Morgan fingerprint density at radius 2 is 0.648 bits per heavy atom. The van der Waals surface area contributed by atoms with Crippen LogP contribution in [0, 0.1) is 0 Å². The molecular weight excluding hydrogens is 737 g/mol. The minimum absolute atomic E-state index is 0.00313. The monoisotopic (exact) mass is 775 g/mol. The number of Topliss-reactive ketones (excluding diaryl/α,β-unsaturated/α-hetero) is 2. The summed E-state index contributed by atoms with van der Waals surface area (Å²) in [6, 6.07) is 60.1. The molecule has 0 N–H and O–H groups in total. The molecule has 7 heteroatoms. The number of carbonyl (C=O) groups is 2. The third-order valence-corrected chi connectivity index (χ3v) is 20.8. The fraction of sp³-hybridized carbons (Fsp3) is 0.0851. The zero-order chi connectivity index (χ0) is 37.4. The first-order chi connectivity index (χ1) is 26.4. The second-order valence-electron chi connectivity index (χ2n) is 13.2. The number of hydrogen-bond donors (Lipinski definition) is 0. The standard InChI is InChI=1S/C47H39NO2P2S2/c49-44(36-20-7-1-8-21-36)34-46(51(53,38-24-11-3-12-25-38)39-26-13-4-14-27-39)42-32-19-33-43(48-42)47(35-45(50)37-22-9-2-10-23-37)52(54,40-28-15-5-16-29-40)41-30-17-6-18-31-41/h1-33,46-47H,34-35H2/t46-,47-/m0/s1. The van der Waals surface area contributed by atoms with Crippen LogP contribution in [0.2, 0.25) is 0 Å². The first-order valence-electron chi connectivity index (χ1n) is 17.9. The van der Waals surface area contributed by atoms with Gasteiger partial charge in [0.15, 0.2) is 11.6 Å². The Morgan fingerprint density at radius 1 is 0.389 bits per heavy atom. The summed E-state index contributed by atoms with van der Waals surface area (Å²) < 4.78 is 0. The second kappa shape index (κ2) is 17.1. The van der Waals surface area contributed by atoms with Crippen molar-refractivity contribution in [2.45, 2.75) is 24.2 Å². The molecule has 0 saturated carbocycles. The zero-order valence-electron chi connectivity index (χ0n) is 29.6. The Bertz CT molecular complexity index is 2170. The third-order valence-electron chi connectivity index (χ3n) is 9.86. The van der Waals surface area contributed by atoms with Gasteiger partial charge in [0.1, 0.15) is 0 Å². The van der Waals surface area contributed by atoms with Crippen LogP contribution < -0.4 is 21.2 Å². The predicted octanol–water partition coefficient (Wildman–Crippen LogP) is 9.97. The molecule has 266 valence electrons. The highest BCUT2D eigenvalue weighted by molar-refractivity contribution is 8.22. The number of hydrogen-bond acceptors (Lipinski definition) is 5. The number of benzene rings is 6. The van der Waals surface area contributed by atoms with Crippen molar-refractivity contribution in [1.82, 2.24) is 4.98 Å². The molecule has 3 nitrogen and oxygen atoms in total. The summed E-state index contributed by atoms with van der Waals surface area (Å²) in [6.07, 6.45) is 0.335. The van der Waals surface area contributed by atoms with E-state index in [0.29, 0.717) is 11.1 Å². The molecule has 2 atom stereocenters. The molecule has 0 aliphatic carbocycles. The molecule has 1 aromatic heterocycles. The van der Waals surface area contributed by atoms with Crippen molar-refractivity contribution in [1.29, 1.82) is 0 Å². The zero-order valence-corrected chi connectivity index (χ0v) is 33.0. The van der Waals surface area contributed by atoms with E-state index in [1.165, 1.54) is 0 Å². The highest BCUT2D eigenvalue weighted by Crippen LogP contribution is 2.61. The lowest BCUT2D eigenvalue weighted by molar-refractivity contribution is 0.0974. The SMILES string of the molecule is O=C(C[C@@H](c1cccc([C@H](CC(=O)c2ccccc2)P(=S)(c2ccccc2)c2ccccc2)n1)P(=S)(c1ccccc1)c1ccccc1)c1ccccc1. The number of rotatable bonds is 14. The minimum Gasteiger partial charge on any atom is -0.294 e. The quantitative estimate of drug-likeness (QED) is 0.0814. The van der Waals surface area contributed by atoms with Gasteiger partial charge in [0.25, 0.3) is 0 Å². The van der Waals surface area contributed by atoms with Crippen molar-refractivity contribution in [3.05, 3.63) is 223 Å². The maximum Gasteiger partial charge on any atom is 0.163 e. The molecule has 0 spiro atoms. The van der Waals surface area contributed by atoms with E-state index in [1.54, 1.807) is 0 Å². The Hall–Kier alpha value is -4.89. The highest BCUT2D eigenvalue weighted by atomic mass is 32.4. The molecule has 0 aliphatic rings. The average molecular weight is 776 g/mol. The molecule has 0 saturated heterocycles. The summed E-state index contributed by atoms with van der Waals surface area (Å²) in [7, 11) is 0. The van der Waals surface area contributed by atoms with Crippen LogP contribution >= 0.6 is 12.1 Å². The third kappa shape index (κ3) is 7.83. The van der Waals surface area contributed by atoms with Crippen LogP contribution in [0.15, 0.2) is 200 Å². The Kier molecular flexibility index (Phi) is 11.8. The summed E-state index contributed by atoms with van der Waals surface area (Å²) >= 11 is 13.9. The molecular formula is C47H39NO2P2S2. The minimum atomic E-state index is -2.75. The van der Waals surface area contributed by atoms with Crippen LogP contribution in [-0.4, -0.2) is 16.6 Å². The van der Waals surface area contributed by atoms with Gasteiger partial charge in [-0.3, -0.25) is 14.6 Å². The summed E-state index contributed by atoms with van der Waals surface area (Å²) in [4.78, 5) is 34.1. The van der Waals surface area contributed by atoms with Gasteiger partial charge < -0.3 is 0 Å². The first-order valence-corrected chi connectivity index (χ1v) is 23.7. The van der Waals surface area contributed by atoms with Crippen LogP contribution in [0.5, 0.6) is 0 Å². The molecule has 54 heavy (non-hydrogen) atoms. The maximum atomic E-state index is 14.3. The van der Waals surface area contributed by atoms with E-state index in [9.17, 15) is 9.59 Å². The summed E-state index contributed by atoms with van der Waals surface area (Å²) in [5.74, 6) is 0.00626. The molecule has 7 rings (SSSR count). The molecule has 0 radical (unpaired) electrons. The lowest BCUT2D eigenvalue weighted by Gasteiger charge is -2.34. The van der Waals surface area contributed by atoms with Gasteiger partial charge in [0.05, 0.1) is 0 Å². The average Bonchev–Trinajstić information content (AvgIpc) is 3.26. The normalized spacial score (nSPS) is 12.7. The fourth-order valence-corrected chi connectivity index (χ4v) is 16.1. The van der Waals surface area contributed by atoms with E-state index in [0.717, 1.165) is 32.6 Å². The van der Waals surface area contributed by atoms with E-state index in [4.69, 9.17) is 28.6 Å². The fourth-order valence-electron chi connectivity index (χ4n) is 7.13. The number of nitrogens with zero attached hydrogens (tertiary/aromatic N) is 1. The molecule has 7 aromatic rings. The van der Waals surface area contributed by atoms with E-state index >= 15 is 0 Å². The van der Waals surface area contributed by atoms with Crippen LogP contribution in [0.1, 0.15) is 56.3 Å². The molecule has 0 unspecified atom stereocenters. The summed E-state index contributed by atoms with van der Waals surface area (Å²) in [6.45, 7) is 0.